The van der Waals surface area contributed by atoms with Crippen molar-refractivity contribution in [2.45, 2.75) is 33.6 Å². The molecule has 1 fully saturated rings. The lowest BCUT2D eigenvalue weighted by molar-refractivity contribution is -0.119. The minimum absolute atomic E-state index is 0.0131. The van der Waals surface area contributed by atoms with Crippen molar-refractivity contribution in [3.63, 3.8) is 0 Å². The Hall–Kier alpha value is -1.16. The molecule has 100 valence electrons. The van der Waals surface area contributed by atoms with Gasteiger partial charge in [0.15, 0.2) is 0 Å². The zero-order valence-corrected chi connectivity index (χ0v) is 13.4. The normalized spacial score (nSPS) is 33.4. The lowest BCUT2D eigenvalue weighted by Crippen LogP contribution is -2.18. The number of nitrogens with one attached hydrogen (secondary N) is 1. The molecule has 19 heavy (non-hydrogen) atoms. The monoisotopic (exact) mass is 369 g/mol. The maximum absolute atomic E-state index is 11.5. The third-order valence-electron chi connectivity index (χ3n) is 3.62. The van der Waals surface area contributed by atoms with Gasteiger partial charge in [0.05, 0.1) is 18.2 Å². The first-order chi connectivity index (χ1) is 8.80. The van der Waals surface area contributed by atoms with Gasteiger partial charge in [-0.15, -0.1) is 0 Å². The number of halogens is 1. The number of hydrogen-bond donors (Lipinski definition) is 1. The van der Waals surface area contributed by atoms with Gasteiger partial charge in [0.1, 0.15) is 5.41 Å². The van der Waals surface area contributed by atoms with E-state index in [9.17, 15) is 10.1 Å². The highest BCUT2D eigenvalue weighted by Crippen LogP contribution is 2.40. The molecule has 4 nitrogen and oxygen atoms in total. The molecule has 0 aliphatic carbocycles. The number of nitrogens with zero attached hydrogens (tertiary/aromatic N) is 2. The predicted octanol–water partition coefficient (Wildman–Crippen LogP) is 3.07. The van der Waals surface area contributed by atoms with Gasteiger partial charge in [0.2, 0.25) is 5.91 Å². The summed E-state index contributed by atoms with van der Waals surface area (Å²) in [4.78, 5) is 16.1. The number of rotatable bonds is 1. The molecule has 0 aromatic carbocycles. The van der Waals surface area contributed by atoms with Gasteiger partial charge in [-0.25, -0.2) is 0 Å². The highest BCUT2D eigenvalue weighted by molar-refractivity contribution is 14.1. The SMILES string of the molecule is CC1(C)CC(/C=C2\NC(=O)CC2(C)C#N)=NC/1=C\I. The Labute approximate surface area is 126 Å². The van der Waals surface area contributed by atoms with E-state index in [0.29, 0.717) is 5.70 Å². The van der Waals surface area contributed by atoms with E-state index in [1.165, 1.54) is 0 Å². The quantitative estimate of drug-likeness (QED) is 0.722. The molecule has 1 saturated heterocycles. The summed E-state index contributed by atoms with van der Waals surface area (Å²) < 4.78 is 1.99. The van der Waals surface area contributed by atoms with Crippen molar-refractivity contribution >= 4 is 34.2 Å². The van der Waals surface area contributed by atoms with E-state index in [1.807, 2.05) is 10.2 Å². The molecule has 0 radical (unpaired) electrons. The van der Waals surface area contributed by atoms with E-state index < -0.39 is 5.41 Å². The standard InChI is InChI=1S/C14H16IN3O/c1-13(2)5-9(17-11(13)7-15)4-10-14(3,8-16)6-12(19)18-10/h4,7H,5-6H2,1-3H3,(H,18,19)/b10-4-,11-7-. The molecule has 2 heterocycles. The van der Waals surface area contributed by atoms with Crippen LogP contribution in [0.1, 0.15) is 33.6 Å². The predicted molar refractivity (Wildman–Crippen MR) is 82.5 cm³/mol. The first-order valence-electron chi connectivity index (χ1n) is 6.12. The summed E-state index contributed by atoms with van der Waals surface area (Å²) in [6.07, 6.45) is 2.91. The Bertz CT molecular complexity index is 566. The van der Waals surface area contributed by atoms with E-state index >= 15 is 0 Å². The van der Waals surface area contributed by atoms with Crippen LogP contribution in [0.25, 0.3) is 0 Å². The number of nitriles is 1. The van der Waals surface area contributed by atoms with E-state index in [1.54, 1.807) is 6.92 Å². The summed E-state index contributed by atoms with van der Waals surface area (Å²) in [6, 6.07) is 2.22. The van der Waals surface area contributed by atoms with Crippen molar-refractivity contribution in [1.29, 1.82) is 5.26 Å². The number of amides is 1. The average molecular weight is 369 g/mol. The van der Waals surface area contributed by atoms with Crippen LogP contribution in [0.4, 0.5) is 0 Å². The van der Waals surface area contributed by atoms with Gasteiger partial charge >= 0.3 is 0 Å². The molecule has 1 amide bonds. The highest BCUT2D eigenvalue weighted by Gasteiger charge is 2.40. The van der Waals surface area contributed by atoms with Crippen molar-refractivity contribution in [1.82, 2.24) is 5.32 Å². The van der Waals surface area contributed by atoms with Crippen LogP contribution in [-0.2, 0) is 4.79 Å². The van der Waals surface area contributed by atoms with Crippen LogP contribution in [0, 0.1) is 22.2 Å². The minimum Gasteiger partial charge on any atom is -0.328 e. The molecule has 0 aromatic heterocycles. The summed E-state index contributed by atoms with van der Waals surface area (Å²) in [5.41, 5.74) is 1.90. The Morgan fingerprint density at radius 1 is 1.42 bits per heavy atom. The molecule has 0 saturated carbocycles. The molecule has 5 heteroatoms. The molecule has 2 rings (SSSR count). The van der Waals surface area contributed by atoms with Crippen molar-refractivity contribution in [3.05, 3.63) is 21.6 Å². The summed E-state index contributed by atoms with van der Waals surface area (Å²) in [6.45, 7) is 6.07. The second kappa shape index (κ2) is 4.75. The number of carbonyl (C=O) groups is 1. The summed E-state index contributed by atoms with van der Waals surface area (Å²) in [5, 5.41) is 12.0. The smallest absolute Gasteiger partial charge is 0.226 e. The van der Waals surface area contributed by atoms with Crippen LogP contribution in [0.15, 0.2) is 26.5 Å². The Kier molecular flexibility index (Phi) is 3.56. The van der Waals surface area contributed by atoms with E-state index in [0.717, 1.165) is 17.8 Å². The minimum atomic E-state index is -0.749. The molecular weight excluding hydrogens is 353 g/mol. The number of hydrogen-bond acceptors (Lipinski definition) is 3. The van der Waals surface area contributed by atoms with Crippen molar-refractivity contribution in [2.24, 2.45) is 15.8 Å². The third-order valence-corrected chi connectivity index (χ3v) is 4.21. The average Bonchev–Trinajstić information content (AvgIpc) is 2.76. The van der Waals surface area contributed by atoms with Gasteiger partial charge in [-0.2, -0.15) is 5.26 Å². The first kappa shape index (κ1) is 14.3. The molecule has 2 aliphatic rings. The fourth-order valence-corrected chi connectivity index (χ4v) is 3.34. The number of allylic oxidation sites excluding steroid dienone is 3. The van der Waals surface area contributed by atoms with Gasteiger partial charge in [0.25, 0.3) is 0 Å². The van der Waals surface area contributed by atoms with Gasteiger partial charge < -0.3 is 5.32 Å². The van der Waals surface area contributed by atoms with E-state index in [-0.39, 0.29) is 17.7 Å². The van der Waals surface area contributed by atoms with Crippen LogP contribution in [0.5, 0.6) is 0 Å². The molecule has 1 atom stereocenters. The first-order valence-corrected chi connectivity index (χ1v) is 7.37. The highest BCUT2D eigenvalue weighted by atomic mass is 127. The summed E-state index contributed by atoms with van der Waals surface area (Å²) in [5.74, 6) is -0.0992. The maximum Gasteiger partial charge on any atom is 0.226 e. The molecule has 0 spiro atoms. The molecular formula is C14H16IN3O. The van der Waals surface area contributed by atoms with Crippen molar-refractivity contribution < 1.29 is 4.79 Å². The lowest BCUT2D eigenvalue weighted by Gasteiger charge is -2.17. The topological polar surface area (TPSA) is 65.2 Å². The van der Waals surface area contributed by atoms with E-state index in [2.05, 4.69) is 52.8 Å². The Morgan fingerprint density at radius 2 is 2.11 bits per heavy atom. The van der Waals surface area contributed by atoms with Crippen LogP contribution in [-0.4, -0.2) is 11.6 Å². The molecule has 0 aromatic rings. The number of carbonyl (C=O) groups excluding carboxylic acids is 1. The van der Waals surface area contributed by atoms with Crippen molar-refractivity contribution in [2.75, 3.05) is 0 Å². The van der Waals surface area contributed by atoms with Gasteiger partial charge in [-0.1, -0.05) is 36.4 Å². The second-order valence-electron chi connectivity index (χ2n) is 5.89. The zero-order chi connectivity index (χ0) is 14.3. The fraction of sp³-hybridized carbons (Fsp3) is 0.500. The van der Waals surface area contributed by atoms with Crippen LogP contribution in [0.2, 0.25) is 0 Å². The van der Waals surface area contributed by atoms with Crippen molar-refractivity contribution in [3.8, 4) is 6.07 Å². The largest absolute Gasteiger partial charge is 0.328 e. The van der Waals surface area contributed by atoms with Gasteiger partial charge in [0, 0.05) is 23.2 Å². The van der Waals surface area contributed by atoms with Crippen LogP contribution in [0.3, 0.4) is 0 Å². The van der Waals surface area contributed by atoms with Gasteiger partial charge in [-0.05, 0) is 17.1 Å². The lowest BCUT2D eigenvalue weighted by atomic mass is 9.85. The summed E-state index contributed by atoms with van der Waals surface area (Å²) in [7, 11) is 0. The third kappa shape index (κ3) is 2.59. The second-order valence-corrected chi connectivity index (χ2v) is 6.51. The Balaban J connectivity index is 2.34. The molecule has 0 bridgehead atoms. The maximum atomic E-state index is 11.5. The summed E-state index contributed by atoms with van der Waals surface area (Å²) >= 11 is 2.19. The zero-order valence-electron chi connectivity index (χ0n) is 11.2. The number of aliphatic imine (C=N–C) groups is 1. The molecule has 2 aliphatic heterocycles. The van der Waals surface area contributed by atoms with Gasteiger partial charge in [-0.3, -0.25) is 9.79 Å². The van der Waals surface area contributed by atoms with Crippen LogP contribution < -0.4 is 5.32 Å². The fourth-order valence-electron chi connectivity index (χ4n) is 2.35. The Morgan fingerprint density at radius 3 is 2.63 bits per heavy atom. The molecule has 1 unspecified atom stereocenters. The van der Waals surface area contributed by atoms with Crippen LogP contribution >= 0.6 is 22.6 Å². The molecule has 1 N–H and O–H groups in total. The van der Waals surface area contributed by atoms with E-state index in [4.69, 9.17) is 0 Å².